The zero-order valence-electron chi connectivity index (χ0n) is 14.1. The Balaban J connectivity index is 1.75. The summed E-state index contributed by atoms with van der Waals surface area (Å²) in [7, 11) is 0. The number of rotatable bonds is 4. The van der Waals surface area contributed by atoms with Crippen LogP contribution in [0.4, 0.5) is 13.2 Å². The number of fused-ring (bicyclic) bond motifs is 1. The molecule has 4 aromatic rings. The van der Waals surface area contributed by atoms with Gasteiger partial charge in [0.2, 0.25) is 0 Å². The zero-order valence-corrected chi connectivity index (χ0v) is 14.1. The van der Waals surface area contributed by atoms with E-state index in [1.165, 1.54) is 29.3 Å². The lowest BCUT2D eigenvalue weighted by Gasteiger charge is -2.08. The number of hydrogen-bond acceptors (Lipinski definition) is 4. The first kappa shape index (κ1) is 17.7. The lowest BCUT2D eigenvalue weighted by molar-refractivity contribution is -0.138. The fraction of sp³-hybridized carbons (Fsp3) is 0.111. The van der Waals surface area contributed by atoms with Crippen molar-refractivity contribution in [3.05, 3.63) is 66.4 Å². The van der Waals surface area contributed by atoms with E-state index in [1.54, 1.807) is 23.0 Å². The highest BCUT2D eigenvalue weighted by Crippen LogP contribution is 2.31. The molecule has 0 saturated carbocycles. The topological polar surface area (TPSA) is 85.8 Å². The smallest absolute Gasteiger partial charge is 0.416 e. The Bertz CT molecular complexity index is 1180. The van der Waals surface area contributed by atoms with Crippen molar-refractivity contribution in [2.24, 2.45) is 0 Å². The summed E-state index contributed by atoms with van der Waals surface area (Å²) in [5.41, 5.74) is 0.0500. The molecule has 0 fully saturated rings. The van der Waals surface area contributed by atoms with Crippen LogP contribution in [0.1, 0.15) is 11.1 Å². The summed E-state index contributed by atoms with van der Waals surface area (Å²) in [4.78, 5) is 19.3. The normalized spacial score (nSPS) is 11.8. The van der Waals surface area contributed by atoms with Crippen LogP contribution in [0.3, 0.4) is 0 Å². The molecule has 0 unspecified atom stereocenters. The van der Waals surface area contributed by atoms with Crippen molar-refractivity contribution in [3.63, 3.8) is 0 Å². The summed E-state index contributed by atoms with van der Waals surface area (Å²) < 4.78 is 42.0. The first-order chi connectivity index (χ1) is 13.3. The summed E-state index contributed by atoms with van der Waals surface area (Å²) >= 11 is 0. The van der Waals surface area contributed by atoms with Gasteiger partial charge in [0.15, 0.2) is 11.6 Å². The highest BCUT2D eigenvalue weighted by atomic mass is 19.4. The predicted octanol–water partition coefficient (Wildman–Crippen LogP) is 3.25. The molecular formula is C18H12F3N5O2. The van der Waals surface area contributed by atoms with Crippen LogP contribution in [0.5, 0.6) is 0 Å². The number of carboxylic acid groups (broad SMARTS) is 1. The molecule has 0 atom stereocenters. The Morgan fingerprint density at radius 3 is 2.64 bits per heavy atom. The maximum absolute atomic E-state index is 13.0. The van der Waals surface area contributed by atoms with Crippen molar-refractivity contribution in [2.75, 3.05) is 0 Å². The van der Waals surface area contributed by atoms with Crippen molar-refractivity contribution < 1.29 is 23.1 Å². The van der Waals surface area contributed by atoms with E-state index in [2.05, 4.69) is 15.1 Å². The number of hydrogen-bond donors (Lipinski definition) is 1. The maximum Gasteiger partial charge on any atom is 0.416 e. The standard InChI is InChI=1S/C18H12F3N5O2/c19-18(20,21)13-2-1-12-7-23-26(14(12)6-13)16-9-22-8-15(24-16)25-4-3-11(10-25)5-17(27)28/h1-4,6-10H,5H2,(H,27,28). The van der Waals surface area contributed by atoms with Gasteiger partial charge in [0.05, 0.1) is 36.1 Å². The summed E-state index contributed by atoms with van der Waals surface area (Å²) in [5, 5.41) is 13.5. The van der Waals surface area contributed by atoms with Crippen LogP contribution in [0.15, 0.2) is 55.2 Å². The molecule has 0 spiro atoms. The van der Waals surface area contributed by atoms with Gasteiger partial charge in [-0.2, -0.15) is 18.3 Å². The van der Waals surface area contributed by atoms with Crippen molar-refractivity contribution in [2.45, 2.75) is 12.6 Å². The van der Waals surface area contributed by atoms with Crippen LogP contribution in [-0.4, -0.2) is 35.4 Å². The van der Waals surface area contributed by atoms with E-state index in [4.69, 9.17) is 5.11 Å². The van der Waals surface area contributed by atoms with Gasteiger partial charge < -0.3 is 9.67 Å². The molecule has 0 aliphatic rings. The second kappa shape index (κ2) is 6.48. The fourth-order valence-corrected chi connectivity index (χ4v) is 2.81. The molecule has 1 N–H and O–H groups in total. The summed E-state index contributed by atoms with van der Waals surface area (Å²) in [6.07, 6.45) is 2.93. The van der Waals surface area contributed by atoms with Gasteiger partial charge in [0, 0.05) is 17.8 Å². The molecular weight excluding hydrogens is 375 g/mol. The average Bonchev–Trinajstić information content (AvgIpc) is 3.27. The van der Waals surface area contributed by atoms with E-state index >= 15 is 0 Å². The molecule has 0 radical (unpaired) electrons. The summed E-state index contributed by atoms with van der Waals surface area (Å²) in [6.45, 7) is 0. The van der Waals surface area contributed by atoms with Gasteiger partial charge in [-0.25, -0.2) is 9.67 Å². The molecule has 0 bridgehead atoms. The Morgan fingerprint density at radius 2 is 1.89 bits per heavy atom. The second-order valence-corrected chi connectivity index (χ2v) is 6.06. The van der Waals surface area contributed by atoms with E-state index in [0.717, 1.165) is 12.1 Å². The highest BCUT2D eigenvalue weighted by Gasteiger charge is 2.31. The first-order valence-electron chi connectivity index (χ1n) is 8.08. The molecule has 10 heteroatoms. The fourth-order valence-electron chi connectivity index (χ4n) is 2.81. The van der Waals surface area contributed by atoms with E-state index in [-0.39, 0.29) is 17.8 Å². The van der Waals surface area contributed by atoms with E-state index in [9.17, 15) is 18.0 Å². The van der Waals surface area contributed by atoms with Crippen LogP contribution < -0.4 is 0 Å². The van der Waals surface area contributed by atoms with Crippen molar-refractivity contribution in [1.29, 1.82) is 0 Å². The number of aromatic nitrogens is 5. The van der Waals surface area contributed by atoms with Gasteiger partial charge in [0.1, 0.15) is 0 Å². The molecule has 7 nitrogen and oxygen atoms in total. The van der Waals surface area contributed by atoms with Crippen LogP contribution in [-0.2, 0) is 17.4 Å². The zero-order chi connectivity index (χ0) is 19.9. The Labute approximate surface area is 155 Å². The quantitative estimate of drug-likeness (QED) is 0.581. The molecule has 0 aliphatic carbocycles. The monoisotopic (exact) mass is 387 g/mol. The van der Waals surface area contributed by atoms with Crippen molar-refractivity contribution in [1.82, 2.24) is 24.3 Å². The SMILES string of the molecule is O=C(O)Cc1ccn(-c2cncc(-n3ncc4ccc(C(F)(F)F)cc43)n2)c1. The van der Waals surface area contributed by atoms with Gasteiger partial charge in [-0.3, -0.25) is 9.78 Å². The number of benzene rings is 1. The van der Waals surface area contributed by atoms with Crippen LogP contribution in [0.2, 0.25) is 0 Å². The van der Waals surface area contributed by atoms with E-state index < -0.39 is 17.7 Å². The lowest BCUT2D eigenvalue weighted by atomic mass is 10.1. The van der Waals surface area contributed by atoms with Gasteiger partial charge in [-0.1, -0.05) is 6.07 Å². The molecule has 0 aliphatic heterocycles. The van der Waals surface area contributed by atoms with E-state index in [0.29, 0.717) is 16.8 Å². The number of halogens is 3. The van der Waals surface area contributed by atoms with Crippen LogP contribution >= 0.6 is 0 Å². The molecule has 1 aromatic carbocycles. The minimum atomic E-state index is -4.47. The molecule has 3 aromatic heterocycles. The molecule has 3 heterocycles. The minimum Gasteiger partial charge on any atom is -0.481 e. The number of carbonyl (C=O) groups is 1. The largest absolute Gasteiger partial charge is 0.481 e. The van der Waals surface area contributed by atoms with Gasteiger partial charge >= 0.3 is 12.1 Å². The second-order valence-electron chi connectivity index (χ2n) is 6.06. The van der Waals surface area contributed by atoms with Gasteiger partial charge in [-0.05, 0) is 23.8 Å². The van der Waals surface area contributed by atoms with Crippen molar-refractivity contribution in [3.8, 4) is 11.6 Å². The average molecular weight is 387 g/mol. The van der Waals surface area contributed by atoms with Gasteiger partial charge in [-0.15, -0.1) is 0 Å². The minimum absolute atomic E-state index is 0.135. The Morgan fingerprint density at radius 1 is 1.11 bits per heavy atom. The van der Waals surface area contributed by atoms with Gasteiger partial charge in [0.25, 0.3) is 0 Å². The molecule has 142 valence electrons. The third-order valence-corrected chi connectivity index (χ3v) is 4.10. The molecule has 4 rings (SSSR count). The highest BCUT2D eigenvalue weighted by molar-refractivity contribution is 5.80. The molecule has 28 heavy (non-hydrogen) atoms. The third kappa shape index (κ3) is 3.31. The number of carboxylic acids is 1. The number of alkyl halides is 3. The maximum atomic E-state index is 13.0. The van der Waals surface area contributed by atoms with E-state index in [1.807, 2.05) is 0 Å². The predicted molar refractivity (Wildman–Crippen MR) is 92.3 cm³/mol. The Hall–Kier alpha value is -3.69. The molecule has 0 saturated heterocycles. The Kier molecular flexibility index (Phi) is 4.10. The first-order valence-corrected chi connectivity index (χ1v) is 8.08. The molecule has 0 amide bonds. The lowest BCUT2D eigenvalue weighted by Crippen LogP contribution is -2.07. The number of aliphatic carboxylic acids is 1. The summed E-state index contributed by atoms with van der Waals surface area (Å²) in [6, 6.07) is 5.00. The third-order valence-electron chi connectivity index (χ3n) is 4.10. The number of nitrogens with zero attached hydrogens (tertiary/aromatic N) is 5. The summed E-state index contributed by atoms with van der Waals surface area (Å²) in [5.74, 6) is -0.342. The van der Waals surface area contributed by atoms with Crippen molar-refractivity contribution >= 4 is 16.9 Å². The van der Waals surface area contributed by atoms with Crippen LogP contribution in [0.25, 0.3) is 22.5 Å². The van der Waals surface area contributed by atoms with Crippen LogP contribution in [0, 0.1) is 0 Å².